The molecule has 3 saturated heterocycles. The van der Waals surface area contributed by atoms with E-state index < -0.39 is 0 Å². The third-order valence-corrected chi connectivity index (χ3v) is 7.83. The number of carbonyl (C=O) groups excluding carboxylic acids is 2. The lowest BCUT2D eigenvalue weighted by atomic mass is 9.73. The molecule has 4 rings (SSSR count). The van der Waals surface area contributed by atoms with E-state index in [0.29, 0.717) is 31.6 Å². The van der Waals surface area contributed by atoms with E-state index in [9.17, 15) is 14.7 Å². The molecule has 3 heterocycles. The van der Waals surface area contributed by atoms with Gasteiger partial charge < -0.3 is 24.4 Å². The Balaban J connectivity index is 1.44. The fourth-order valence-electron chi connectivity index (χ4n) is 6.23. The van der Waals surface area contributed by atoms with Gasteiger partial charge in [-0.2, -0.15) is 0 Å². The van der Waals surface area contributed by atoms with Crippen molar-refractivity contribution in [2.24, 2.45) is 17.3 Å². The van der Waals surface area contributed by atoms with Gasteiger partial charge in [0.1, 0.15) is 0 Å². The van der Waals surface area contributed by atoms with Crippen LogP contribution in [0.25, 0.3) is 0 Å². The minimum absolute atomic E-state index is 0.00188. The molecule has 0 aromatic carbocycles. The average molecular weight is 453 g/mol. The highest BCUT2D eigenvalue weighted by atomic mass is 16.6. The fourth-order valence-corrected chi connectivity index (χ4v) is 6.23. The normalized spacial score (nSPS) is 34.9. The van der Waals surface area contributed by atoms with Crippen LogP contribution in [-0.2, 0) is 14.3 Å². The largest absolute Gasteiger partial charge is 0.447 e. The first-order chi connectivity index (χ1) is 15.2. The number of hydrogen-bond acceptors (Lipinski definition) is 7. The average Bonchev–Trinajstić information content (AvgIpc) is 3.17. The number of carbonyl (C=O) groups is 2. The summed E-state index contributed by atoms with van der Waals surface area (Å²) in [5, 5.41) is 12.0. The third kappa shape index (κ3) is 4.62. The first kappa shape index (κ1) is 23.7. The Kier molecular flexibility index (Phi) is 7.00. The number of piperazine rings is 1. The topological polar surface area (TPSA) is 94.6 Å². The van der Waals surface area contributed by atoms with Crippen molar-refractivity contribution in [1.29, 1.82) is 0 Å². The van der Waals surface area contributed by atoms with Crippen molar-refractivity contribution in [3.8, 4) is 0 Å². The molecule has 4 fully saturated rings. The van der Waals surface area contributed by atoms with Gasteiger partial charge in [-0.1, -0.05) is 0 Å². The molecule has 9 nitrogen and oxygen atoms in total. The standard InChI is InChI=1S/C23H40N4O5/c1-15(2)32-22(30)26-9-16(3)27(17(4)29)20-6-5-18(7-21(20)26)19-8-24-25(10-19)11-23(12-28)13-31-14-23/h15-16,18-21,24,28H,5-14H2,1-4H3/t16-,18?,19?,20?,21?/m0/s1. The monoisotopic (exact) mass is 452 g/mol. The van der Waals surface area contributed by atoms with Crippen molar-refractivity contribution in [3.05, 3.63) is 0 Å². The Bertz CT molecular complexity index is 694. The minimum atomic E-state index is -0.258. The molecule has 4 unspecified atom stereocenters. The van der Waals surface area contributed by atoms with Gasteiger partial charge in [0.25, 0.3) is 0 Å². The number of hydrogen-bond donors (Lipinski definition) is 2. The van der Waals surface area contributed by atoms with Gasteiger partial charge in [0, 0.05) is 39.1 Å². The van der Waals surface area contributed by atoms with E-state index in [1.807, 2.05) is 30.6 Å². The van der Waals surface area contributed by atoms with Gasteiger partial charge in [-0.3, -0.25) is 10.2 Å². The van der Waals surface area contributed by atoms with Crippen LogP contribution in [0.4, 0.5) is 4.79 Å². The van der Waals surface area contributed by atoms with Crippen molar-refractivity contribution >= 4 is 12.0 Å². The fraction of sp³-hybridized carbons (Fsp3) is 0.913. The number of aliphatic hydroxyl groups excluding tert-OH is 1. The van der Waals surface area contributed by atoms with Gasteiger partial charge in [0.15, 0.2) is 0 Å². The van der Waals surface area contributed by atoms with Crippen molar-refractivity contribution in [1.82, 2.24) is 20.2 Å². The number of nitrogens with zero attached hydrogens (tertiary/aromatic N) is 3. The molecule has 32 heavy (non-hydrogen) atoms. The molecule has 0 aromatic heterocycles. The smallest absolute Gasteiger partial charge is 0.410 e. The highest BCUT2D eigenvalue weighted by molar-refractivity contribution is 5.75. The van der Waals surface area contributed by atoms with Crippen molar-refractivity contribution in [2.45, 2.75) is 71.2 Å². The first-order valence-electron chi connectivity index (χ1n) is 12.2. The molecule has 4 aliphatic rings. The predicted octanol–water partition coefficient (Wildman–Crippen LogP) is 1.07. The SMILES string of the molecule is CC(=O)N1C2CCC(C3CNN(CC4(CO)COC4)C3)CC2N(C(=O)OC(C)C)C[C@@H]1C. The summed E-state index contributed by atoms with van der Waals surface area (Å²) in [5.41, 5.74) is 3.38. The molecule has 0 bridgehead atoms. The summed E-state index contributed by atoms with van der Waals surface area (Å²) in [6.45, 7) is 12.0. The van der Waals surface area contributed by atoms with Crippen LogP contribution in [0.1, 0.15) is 47.0 Å². The number of amides is 2. The predicted molar refractivity (Wildman–Crippen MR) is 119 cm³/mol. The van der Waals surface area contributed by atoms with Crippen LogP contribution < -0.4 is 5.43 Å². The zero-order valence-electron chi connectivity index (χ0n) is 20.0. The second-order valence-electron chi connectivity index (χ2n) is 10.7. The van der Waals surface area contributed by atoms with Crippen molar-refractivity contribution < 1.29 is 24.2 Å². The van der Waals surface area contributed by atoms with Crippen LogP contribution in [0.3, 0.4) is 0 Å². The van der Waals surface area contributed by atoms with Gasteiger partial charge in [-0.15, -0.1) is 0 Å². The molecule has 2 amide bonds. The Labute approximate surface area is 191 Å². The molecule has 0 aromatic rings. The number of ether oxygens (including phenoxy) is 2. The molecule has 0 radical (unpaired) electrons. The Morgan fingerprint density at radius 2 is 1.94 bits per heavy atom. The van der Waals surface area contributed by atoms with E-state index >= 15 is 0 Å². The maximum atomic E-state index is 12.9. The summed E-state index contributed by atoms with van der Waals surface area (Å²) >= 11 is 0. The lowest BCUT2D eigenvalue weighted by Crippen LogP contribution is -2.67. The summed E-state index contributed by atoms with van der Waals surface area (Å²) in [6.07, 6.45) is 2.44. The number of fused-ring (bicyclic) bond motifs is 1. The Morgan fingerprint density at radius 3 is 2.53 bits per heavy atom. The highest BCUT2D eigenvalue weighted by Crippen LogP contribution is 2.40. The van der Waals surface area contributed by atoms with Crippen LogP contribution in [0, 0.1) is 17.3 Å². The van der Waals surface area contributed by atoms with Crippen LogP contribution in [0.5, 0.6) is 0 Å². The van der Waals surface area contributed by atoms with E-state index in [1.165, 1.54) is 0 Å². The Hall–Kier alpha value is -1.42. The van der Waals surface area contributed by atoms with E-state index in [1.54, 1.807) is 6.92 Å². The second kappa shape index (κ2) is 9.44. The van der Waals surface area contributed by atoms with E-state index in [-0.39, 0.29) is 48.3 Å². The van der Waals surface area contributed by atoms with Crippen molar-refractivity contribution in [2.75, 3.05) is 46.0 Å². The van der Waals surface area contributed by atoms with Gasteiger partial charge >= 0.3 is 6.09 Å². The Morgan fingerprint density at radius 1 is 1.19 bits per heavy atom. The summed E-state index contributed by atoms with van der Waals surface area (Å²) in [6, 6.07) is 0.0495. The molecular weight excluding hydrogens is 412 g/mol. The maximum absolute atomic E-state index is 12.9. The van der Waals surface area contributed by atoms with E-state index in [4.69, 9.17) is 9.47 Å². The lowest BCUT2D eigenvalue weighted by Gasteiger charge is -2.54. The highest BCUT2D eigenvalue weighted by Gasteiger charge is 2.49. The zero-order valence-corrected chi connectivity index (χ0v) is 20.0. The second-order valence-corrected chi connectivity index (χ2v) is 10.7. The van der Waals surface area contributed by atoms with Crippen LogP contribution in [0.2, 0.25) is 0 Å². The van der Waals surface area contributed by atoms with Crippen LogP contribution >= 0.6 is 0 Å². The zero-order chi connectivity index (χ0) is 23.0. The molecule has 3 aliphatic heterocycles. The molecule has 2 N–H and O–H groups in total. The molecular formula is C23H40N4O5. The summed E-state index contributed by atoms with van der Waals surface area (Å²) < 4.78 is 10.9. The molecule has 0 spiro atoms. The summed E-state index contributed by atoms with van der Waals surface area (Å²) in [4.78, 5) is 29.3. The van der Waals surface area contributed by atoms with E-state index in [0.717, 1.165) is 38.9 Å². The number of aliphatic hydroxyl groups is 1. The maximum Gasteiger partial charge on any atom is 0.410 e. The van der Waals surface area contributed by atoms with Gasteiger partial charge in [-0.05, 0) is 51.9 Å². The molecule has 182 valence electrons. The molecule has 1 saturated carbocycles. The number of hydrazine groups is 1. The van der Waals surface area contributed by atoms with Crippen molar-refractivity contribution in [3.63, 3.8) is 0 Å². The van der Waals surface area contributed by atoms with Crippen LogP contribution in [0.15, 0.2) is 0 Å². The minimum Gasteiger partial charge on any atom is -0.447 e. The first-order valence-corrected chi connectivity index (χ1v) is 12.2. The molecule has 1 aliphatic carbocycles. The van der Waals surface area contributed by atoms with Crippen LogP contribution in [-0.4, -0.2) is 102 Å². The molecule has 9 heteroatoms. The van der Waals surface area contributed by atoms with E-state index in [2.05, 4.69) is 10.4 Å². The van der Waals surface area contributed by atoms with Gasteiger partial charge in [0.2, 0.25) is 5.91 Å². The quantitative estimate of drug-likeness (QED) is 0.644. The number of nitrogens with one attached hydrogen (secondary N) is 1. The third-order valence-electron chi connectivity index (χ3n) is 7.83. The summed E-state index contributed by atoms with van der Waals surface area (Å²) in [7, 11) is 0. The van der Waals surface area contributed by atoms with Gasteiger partial charge in [0.05, 0.1) is 43.4 Å². The lowest BCUT2D eigenvalue weighted by molar-refractivity contribution is -0.150. The summed E-state index contributed by atoms with van der Waals surface area (Å²) in [5.74, 6) is 1.06. The molecule has 5 atom stereocenters. The number of rotatable bonds is 5. The van der Waals surface area contributed by atoms with Gasteiger partial charge in [-0.25, -0.2) is 9.80 Å².